The van der Waals surface area contributed by atoms with Crippen LogP contribution in [0.1, 0.15) is 5.56 Å². The Balaban J connectivity index is 1.52. The molecule has 1 aliphatic rings. The summed E-state index contributed by atoms with van der Waals surface area (Å²) < 4.78 is 45.4. The van der Waals surface area contributed by atoms with Crippen LogP contribution in [0.5, 0.6) is 5.75 Å². The van der Waals surface area contributed by atoms with Crippen LogP contribution in [0.2, 0.25) is 0 Å². The molecule has 0 bridgehead atoms. The number of anilines is 2. The van der Waals surface area contributed by atoms with E-state index in [0.717, 1.165) is 43.8 Å². The fraction of sp³-hybridized carbons (Fsp3) is 0.353. The summed E-state index contributed by atoms with van der Waals surface area (Å²) in [6.07, 6.45) is -3.67. The summed E-state index contributed by atoms with van der Waals surface area (Å²) in [4.78, 5) is 6.18. The third-order valence-corrected chi connectivity index (χ3v) is 3.76. The van der Waals surface area contributed by atoms with Crippen LogP contribution in [0.4, 0.5) is 24.7 Å². The number of pyridine rings is 1. The molecule has 1 aliphatic heterocycles. The lowest BCUT2D eigenvalue weighted by Gasteiger charge is -2.28. The van der Waals surface area contributed by atoms with E-state index >= 15 is 0 Å². The van der Waals surface area contributed by atoms with Crippen LogP contribution in [0.3, 0.4) is 0 Å². The van der Waals surface area contributed by atoms with Gasteiger partial charge in [-0.3, -0.25) is 0 Å². The van der Waals surface area contributed by atoms with Crippen molar-refractivity contribution >= 4 is 11.5 Å². The molecule has 0 amide bonds. The second-order valence-electron chi connectivity index (χ2n) is 5.55. The first-order valence-corrected chi connectivity index (χ1v) is 7.87. The van der Waals surface area contributed by atoms with Gasteiger partial charge in [0.2, 0.25) is 0 Å². The molecule has 3 rings (SSSR count). The first-order chi connectivity index (χ1) is 12.0. The normalized spacial score (nSPS) is 15.1. The lowest BCUT2D eigenvalue weighted by molar-refractivity contribution is -0.274. The molecule has 1 fully saturated rings. The van der Waals surface area contributed by atoms with Crippen LogP contribution >= 0.6 is 0 Å². The number of morpholine rings is 1. The predicted octanol–water partition coefficient (Wildman–Crippen LogP) is 3.43. The standard InChI is InChI=1S/C17H18F3N3O2/c18-17(19,20)25-15-5-6-16(22-12-15)21-11-13-1-3-14(4-2-13)23-7-9-24-10-8-23/h1-6,12H,7-11H2,(H,21,22). The van der Waals surface area contributed by atoms with E-state index in [-0.39, 0.29) is 5.75 Å². The number of alkyl halides is 3. The molecule has 2 heterocycles. The average molecular weight is 353 g/mol. The predicted molar refractivity (Wildman–Crippen MR) is 87.7 cm³/mol. The van der Waals surface area contributed by atoms with Crippen molar-refractivity contribution in [3.05, 3.63) is 48.2 Å². The van der Waals surface area contributed by atoms with Crippen LogP contribution in [0.25, 0.3) is 0 Å². The van der Waals surface area contributed by atoms with E-state index in [2.05, 4.69) is 32.1 Å². The van der Waals surface area contributed by atoms with Crippen molar-refractivity contribution in [3.8, 4) is 5.75 Å². The fourth-order valence-electron chi connectivity index (χ4n) is 2.52. The number of benzene rings is 1. The lowest BCUT2D eigenvalue weighted by Crippen LogP contribution is -2.36. The van der Waals surface area contributed by atoms with Gasteiger partial charge in [0.25, 0.3) is 0 Å². The maximum absolute atomic E-state index is 12.1. The Morgan fingerprint density at radius 3 is 2.40 bits per heavy atom. The highest BCUT2D eigenvalue weighted by atomic mass is 19.4. The van der Waals surface area contributed by atoms with Crippen molar-refractivity contribution in [2.75, 3.05) is 36.5 Å². The largest absolute Gasteiger partial charge is 0.573 e. The summed E-state index contributed by atoms with van der Waals surface area (Å²) in [7, 11) is 0. The summed E-state index contributed by atoms with van der Waals surface area (Å²) in [6.45, 7) is 3.77. The number of nitrogens with one attached hydrogen (secondary N) is 1. The van der Waals surface area contributed by atoms with E-state index in [1.165, 1.54) is 12.1 Å². The Kier molecular flexibility index (Phi) is 5.28. The van der Waals surface area contributed by atoms with E-state index in [1.54, 1.807) is 0 Å². The van der Waals surface area contributed by atoms with Crippen LogP contribution in [-0.4, -0.2) is 37.6 Å². The van der Waals surface area contributed by atoms with Crippen LogP contribution in [-0.2, 0) is 11.3 Å². The van der Waals surface area contributed by atoms with Crippen molar-refractivity contribution in [3.63, 3.8) is 0 Å². The third kappa shape index (κ3) is 5.25. The van der Waals surface area contributed by atoms with Crippen LogP contribution in [0.15, 0.2) is 42.6 Å². The molecule has 2 aromatic rings. The summed E-state index contributed by atoms with van der Waals surface area (Å²) in [5, 5.41) is 3.07. The van der Waals surface area contributed by atoms with Crippen molar-refractivity contribution < 1.29 is 22.6 Å². The molecular formula is C17H18F3N3O2. The summed E-state index contributed by atoms with van der Waals surface area (Å²) in [6, 6.07) is 10.8. The van der Waals surface area contributed by atoms with E-state index in [1.807, 2.05) is 12.1 Å². The van der Waals surface area contributed by atoms with Gasteiger partial charge in [-0.15, -0.1) is 13.2 Å². The number of aromatic nitrogens is 1. The van der Waals surface area contributed by atoms with Crippen LogP contribution < -0.4 is 15.0 Å². The van der Waals surface area contributed by atoms with Crippen molar-refractivity contribution in [2.24, 2.45) is 0 Å². The first-order valence-electron chi connectivity index (χ1n) is 7.87. The maximum atomic E-state index is 12.1. The van der Waals surface area contributed by atoms with Crippen LogP contribution in [0, 0.1) is 0 Å². The molecule has 0 spiro atoms. The van der Waals surface area contributed by atoms with Gasteiger partial charge >= 0.3 is 6.36 Å². The zero-order valence-electron chi connectivity index (χ0n) is 13.4. The molecular weight excluding hydrogens is 335 g/mol. The molecule has 1 saturated heterocycles. The molecule has 1 aromatic carbocycles. The lowest BCUT2D eigenvalue weighted by atomic mass is 10.2. The number of rotatable bonds is 5. The summed E-state index contributed by atoms with van der Waals surface area (Å²) in [5.74, 6) is 0.139. The van der Waals surface area contributed by atoms with Gasteiger partial charge in [-0.25, -0.2) is 4.98 Å². The molecule has 8 heteroatoms. The molecule has 25 heavy (non-hydrogen) atoms. The van der Waals surface area contributed by atoms with Gasteiger partial charge in [-0.05, 0) is 29.8 Å². The van der Waals surface area contributed by atoms with Gasteiger partial charge in [-0.2, -0.15) is 0 Å². The highest BCUT2D eigenvalue weighted by molar-refractivity contribution is 5.48. The molecule has 0 atom stereocenters. The van der Waals surface area contributed by atoms with E-state index in [0.29, 0.717) is 12.4 Å². The number of hydrogen-bond donors (Lipinski definition) is 1. The number of ether oxygens (including phenoxy) is 2. The van der Waals surface area contributed by atoms with Gasteiger partial charge in [-0.1, -0.05) is 12.1 Å². The minimum atomic E-state index is -4.71. The molecule has 1 N–H and O–H groups in total. The van der Waals surface area contributed by atoms with Crippen molar-refractivity contribution in [1.82, 2.24) is 4.98 Å². The highest BCUT2D eigenvalue weighted by Crippen LogP contribution is 2.23. The smallest absolute Gasteiger partial charge is 0.404 e. The van der Waals surface area contributed by atoms with Gasteiger partial charge < -0.3 is 19.7 Å². The van der Waals surface area contributed by atoms with Gasteiger partial charge in [0, 0.05) is 25.3 Å². The van der Waals surface area contributed by atoms with Crippen molar-refractivity contribution in [2.45, 2.75) is 12.9 Å². The van der Waals surface area contributed by atoms with E-state index in [9.17, 15) is 13.2 Å². The second-order valence-corrected chi connectivity index (χ2v) is 5.55. The first kappa shape index (κ1) is 17.3. The zero-order chi connectivity index (χ0) is 17.7. The van der Waals surface area contributed by atoms with Gasteiger partial charge in [0.05, 0.1) is 19.4 Å². The molecule has 0 saturated carbocycles. The number of halogens is 3. The minimum Gasteiger partial charge on any atom is -0.404 e. The average Bonchev–Trinajstić information content (AvgIpc) is 2.61. The highest BCUT2D eigenvalue weighted by Gasteiger charge is 2.31. The SMILES string of the molecule is FC(F)(F)Oc1ccc(NCc2ccc(N3CCOCC3)cc2)nc1. The monoisotopic (exact) mass is 353 g/mol. The molecule has 0 aliphatic carbocycles. The summed E-state index contributed by atoms with van der Waals surface area (Å²) >= 11 is 0. The summed E-state index contributed by atoms with van der Waals surface area (Å²) in [5.41, 5.74) is 2.20. The molecule has 5 nitrogen and oxygen atoms in total. The Bertz CT molecular complexity index is 669. The zero-order valence-corrected chi connectivity index (χ0v) is 13.4. The maximum Gasteiger partial charge on any atom is 0.573 e. The topological polar surface area (TPSA) is 46.6 Å². The Labute approximate surface area is 143 Å². The minimum absolute atomic E-state index is 0.340. The molecule has 0 unspecified atom stereocenters. The Hall–Kier alpha value is -2.48. The second kappa shape index (κ2) is 7.60. The number of hydrogen-bond acceptors (Lipinski definition) is 5. The Morgan fingerprint density at radius 1 is 1.08 bits per heavy atom. The van der Waals surface area contributed by atoms with Gasteiger partial charge in [0.15, 0.2) is 0 Å². The quantitative estimate of drug-likeness (QED) is 0.892. The molecule has 0 radical (unpaired) electrons. The van der Waals surface area contributed by atoms with Gasteiger partial charge in [0.1, 0.15) is 11.6 Å². The Morgan fingerprint density at radius 2 is 1.80 bits per heavy atom. The van der Waals surface area contributed by atoms with E-state index < -0.39 is 6.36 Å². The molecule has 134 valence electrons. The van der Waals surface area contributed by atoms with E-state index in [4.69, 9.17) is 4.74 Å². The number of nitrogens with zero attached hydrogens (tertiary/aromatic N) is 2. The fourth-order valence-corrected chi connectivity index (χ4v) is 2.52. The van der Waals surface area contributed by atoms with Crippen molar-refractivity contribution in [1.29, 1.82) is 0 Å². The third-order valence-electron chi connectivity index (χ3n) is 3.76. The molecule has 1 aromatic heterocycles.